The van der Waals surface area contributed by atoms with Crippen molar-refractivity contribution in [3.05, 3.63) is 52.5 Å². The van der Waals surface area contributed by atoms with E-state index in [0.717, 1.165) is 30.9 Å². The molecule has 2 aromatic rings. The van der Waals surface area contributed by atoms with E-state index in [1.807, 2.05) is 12.1 Å². The van der Waals surface area contributed by atoms with Gasteiger partial charge in [0.05, 0.1) is 24.8 Å². The van der Waals surface area contributed by atoms with Gasteiger partial charge in [0.1, 0.15) is 0 Å². The van der Waals surface area contributed by atoms with Crippen molar-refractivity contribution in [2.24, 2.45) is 0 Å². The number of piperidine rings is 1. The topological polar surface area (TPSA) is 33.7 Å². The minimum atomic E-state index is -4.48. The maximum Gasteiger partial charge on any atom is 0.417 e. The highest BCUT2D eigenvalue weighted by Crippen LogP contribution is 2.38. The molecule has 4 nitrogen and oxygen atoms in total. The second-order valence-electron chi connectivity index (χ2n) is 7.77. The third-order valence-electron chi connectivity index (χ3n) is 5.83. The first-order valence-corrected chi connectivity index (χ1v) is 10.7. The number of nitrogens with one attached hydrogen (secondary N) is 1. The van der Waals surface area contributed by atoms with Crippen LogP contribution < -0.4 is 14.8 Å². The average Bonchev–Trinajstić information content (AvgIpc) is 2.74. The molecule has 0 aliphatic carbocycles. The van der Waals surface area contributed by atoms with Gasteiger partial charge in [-0.1, -0.05) is 24.1 Å². The van der Waals surface area contributed by atoms with E-state index in [4.69, 9.17) is 21.1 Å². The number of rotatable bonds is 7. The molecule has 1 fully saturated rings. The van der Waals surface area contributed by atoms with Gasteiger partial charge in [-0.25, -0.2) is 0 Å². The highest BCUT2D eigenvalue weighted by molar-refractivity contribution is 6.31. The summed E-state index contributed by atoms with van der Waals surface area (Å²) in [5.74, 6) is 1.38. The molecular weight excluding hydrogens is 429 g/mol. The summed E-state index contributed by atoms with van der Waals surface area (Å²) >= 11 is 5.71. The van der Waals surface area contributed by atoms with Crippen LogP contribution in [0.4, 0.5) is 18.9 Å². The molecule has 1 saturated heterocycles. The zero-order valence-corrected chi connectivity index (χ0v) is 18.7. The molecule has 2 aromatic carbocycles. The van der Waals surface area contributed by atoms with Gasteiger partial charge in [-0.05, 0) is 55.7 Å². The van der Waals surface area contributed by atoms with Gasteiger partial charge in [-0.3, -0.25) is 4.90 Å². The van der Waals surface area contributed by atoms with Crippen molar-refractivity contribution in [3.63, 3.8) is 0 Å². The van der Waals surface area contributed by atoms with E-state index in [0.29, 0.717) is 36.3 Å². The smallest absolute Gasteiger partial charge is 0.417 e. The first-order chi connectivity index (χ1) is 14.7. The minimum absolute atomic E-state index is 0.210. The number of halogens is 4. The van der Waals surface area contributed by atoms with Crippen LogP contribution in [-0.2, 0) is 6.18 Å². The van der Waals surface area contributed by atoms with Crippen LogP contribution in [0.2, 0.25) is 5.02 Å². The Morgan fingerprint density at radius 1 is 1.06 bits per heavy atom. The van der Waals surface area contributed by atoms with Crippen LogP contribution in [0.1, 0.15) is 43.4 Å². The maximum atomic E-state index is 13.1. The molecule has 1 heterocycles. The monoisotopic (exact) mass is 456 g/mol. The van der Waals surface area contributed by atoms with Gasteiger partial charge in [0.15, 0.2) is 11.5 Å². The summed E-state index contributed by atoms with van der Waals surface area (Å²) in [5.41, 5.74) is 0.729. The summed E-state index contributed by atoms with van der Waals surface area (Å²) in [6.07, 6.45) is -1.26. The molecule has 0 spiro atoms. The molecule has 170 valence electrons. The molecule has 0 bridgehead atoms. The van der Waals surface area contributed by atoms with E-state index in [1.54, 1.807) is 20.3 Å². The van der Waals surface area contributed by atoms with Crippen molar-refractivity contribution in [2.75, 3.05) is 32.6 Å². The van der Waals surface area contributed by atoms with Crippen molar-refractivity contribution in [1.29, 1.82) is 0 Å². The molecule has 1 aliphatic rings. The lowest BCUT2D eigenvalue weighted by Gasteiger charge is -2.41. The van der Waals surface area contributed by atoms with E-state index in [-0.39, 0.29) is 11.1 Å². The highest BCUT2D eigenvalue weighted by Gasteiger charge is 2.33. The van der Waals surface area contributed by atoms with Crippen LogP contribution in [0, 0.1) is 0 Å². The largest absolute Gasteiger partial charge is 0.493 e. The molecule has 0 saturated carbocycles. The summed E-state index contributed by atoms with van der Waals surface area (Å²) in [4.78, 5) is 2.40. The number of hydrogen-bond acceptors (Lipinski definition) is 4. The van der Waals surface area contributed by atoms with Crippen LogP contribution in [0.5, 0.6) is 11.5 Å². The molecule has 0 unspecified atom stereocenters. The second-order valence-corrected chi connectivity index (χ2v) is 8.17. The van der Waals surface area contributed by atoms with Crippen LogP contribution in [0.3, 0.4) is 0 Å². The molecule has 0 amide bonds. The summed E-state index contributed by atoms with van der Waals surface area (Å²) in [5, 5.41) is 2.82. The van der Waals surface area contributed by atoms with E-state index >= 15 is 0 Å². The fraction of sp³-hybridized carbons (Fsp3) is 0.478. The number of ether oxygens (including phenoxy) is 2. The number of hydrogen-bond donors (Lipinski definition) is 1. The Balaban J connectivity index is 1.72. The van der Waals surface area contributed by atoms with Crippen molar-refractivity contribution < 1.29 is 22.6 Å². The number of alkyl halides is 3. The number of likely N-dealkylation sites (tertiary alicyclic amines) is 1. The zero-order chi connectivity index (χ0) is 22.6. The molecule has 0 aromatic heterocycles. The van der Waals surface area contributed by atoms with E-state index in [1.165, 1.54) is 6.07 Å². The van der Waals surface area contributed by atoms with E-state index in [9.17, 15) is 13.2 Å². The fourth-order valence-electron chi connectivity index (χ4n) is 4.22. The lowest BCUT2D eigenvalue weighted by atomic mass is 9.91. The number of methoxy groups -OCH3 is 2. The predicted molar refractivity (Wildman–Crippen MR) is 117 cm³/mol. The molecule has 3 rings (SSSR count). The van der Waals surface area contributed by atoms with Gasteiger partial charge < -0.3 is 14.8 Å². The molecule has 0 radical (unpaired) electrons. The van der Waals surface area contributed by atoms with Gasteiger partial charge in [-0.2, -0.15) is 13.2 Å². The van der Waals surface area contributed by atoms with Crippen LogP contribution in [0.25, 0.3) is 0 Å². The van der Waals surface area contributed by atoms with Crippen molar-refractivity contribution in [1.82, 2.24) is 4.90 Å². The maximum absolute atomic E-state index is 13.1. The van der Waals surface area contributed by atoms with Crippen molar-refractivity contribution >= 4 is 17.3 Å². The van der Waals surface area contributed by atoms with Gasteiger partial charge in [0.25, 0.3) is 0 Å². The fourth-order valence-corrected chi connectivity index (χ4v) is 4.45. The van der Waals surface area contributed by atoms with Crippen LogP contribution in [0.15, 0.2) is 36.4 Å². The minimum Gasteiger partial charge on any atom is -0.493 e. The van der Waals surface area contributed by atoms with Crippen molar-refractivity contribution in [3.8, 4) is 11.5 Å². The zero-order valence-electron chi connectivity index (χ0n) is 17.9. The quantitative estimate of drug-likeness (QED) is 0.522. The summed E-state index contributed by atoms with van der Waals surface area (Å²) in [6.45, 7) is 3.41. The SMILES string of the molecule is COc1ccc([C@@H]2CCC[C@H](C)N2CCNc2ccc(Cl)c(C(F)(F)F)c2)cc1OC. The molecule has 2 atom stereocenters. The Morgan fingerprint density at radius 3 is 2.48 bits per heavy atom. The number of anilines is 1. The third-order valence-corrected chi connectivity index (χ3v) is 6.16. The lowest BCUT2D eigenvalue weighted by molar-refractivity contribution is -0.137. The van der Waals surface area contributed by atoms with Gasteiger partial charge in [0, 0.05) is 30.9 Å². The summed E-state index contributed by atoms with van der Waals surface area (Å²) in [7, 11) is 3.23. The van der Waals surface area contributed by atoms with E-state index < -0.39 is 11.7 Å². The van der Waals surface area contributed by atoms with Gasteiger partial charge in [-0.15, -0.1) is 0 Å². The summed E-state index contributed by atoms with van der Waals surface area (Å²) in [6, 6.07) is 10.5. The lowest BCUT2D eigenvalue weighted by Crippen LogP contribution is -2.42. The Kier molecular flexibility index (Phi) is 7.59. The van der Waals surface area contributed by atoms with Gasteiger partial charge in [0.2, 0.25) is 0 Å². The van der Waals surface area contributed by atoms with E-state index in [2.05, 4.69) is 23.2 Å². The predicted octanol–water partition coefficient (Wildman–Crippen LogP) is 6.40. The average molecular weight is 457 g/mol. The molecule has 1 N–H and O–H groups in total. The molecular formula is C23H28ClF3N2O2. The second kappa shape index (κ2) is 10.0. The van der Waals surface area contributed by atoms with Gasteiger partial charge >= 0.3 is 6.18 Å². The Morgan fingerprint density at radius 2 is 1.81 bits per heavy atom. The number of benzene rings is 2. The first kappa shape index (κ1) is 23.5. The first-order valence-electron chi connectivity index (χ1n) is 10.3. The van der Waals surface area contributed by atoms with Crippen molar-refractivity contribution in [2.45, 2.75) is 44.4 Å². The normalized spacial score (nSPS) is 19.8. The Labute approximate surface area is 186 Å². The molecule has 31 heavy (non-hydrogen) atoms. The molecule has 1 aliphatic heterocycles. The Bertz CT molecular complexity index is 892. The standard InChI is InChI=1S/C23H28ClF3N2O2/c1-15-5-4-6-20(16-7-10-21(30-2)22(13-16)31-3)29(15)12-11-28-17-8-9-19(24)18(14-17)23(25,26)27/h7-10,13-15,20,28H,4-6,11-12H2,1-3H3/t15-,20-/m0/s1. The summed E-state index contributed by atoms with van der Waals surface area (Å²) < 4.78 is 50.1. The molecule has 8 heteroatoms. The third kappa shape index (κ3) is 5.57. The number of nitrogens with zero attached hydrogens (tertiary/aromatic N) is 1. The Hall–Kier alpha value is -2.12. The van der Waals surface area contributed by atoms with Crippen LogP contribution >= 0.6 is 11.6 Å². The highest BCUT2D eigenvalue weighted by atomic mass is 35.5. The van der Waals surface area contributed by atoms with Crippen LogP contribution in [-0.4, -0.2) is 38.3 Å².